The number of hydrogen-bond donors (Lipinski definition) is 3. The summed E-state index contributed by atoms with van der Waals surface area (Å²) in [4.78, 5) is 27.4. The van der Waals surface area contributed by atoms with E-state index in [0.717, 1.165) is 0 Å². The van der Waals surface area contributed by atoms with E-state index in [0.29, 0.717) is 30.1 Å². The van der Waals surface area contributed by atoms with E-state index in [4.69, 9.17) is 4.74 Å². The number of nitrogens with zero attached hydrogens (tertiary/aromatic N) is 1. The Bertz CT molecular complexity index is 644. The minimum atomic E-state index is -0.350. The number of aromatic nitrogens is 1. The summed E-state index contributed by atoms with van der Waals surface area (Å²) in [6, 6.07) is 9.90. The van der Waals surface area contributed by atoms with E-state index in [9.17, 15) is 9.59 Å². The van der Waals surface area contributed by atoms with Gasteiger partial charge < -0.3 is 20.7 Å². The molecular weight excluding hydrogens is 296 g/mol. The molecule has 120 valence electrons. The normalized spacial score (nSPS) is 9.78. The van der Waals surface area contributed by atoms with Crippen molar-refractivity contribution in [2.45, 2.75) is 0 Å². The predicted octanol–water partition coefficient (Wildman–Crippen LogP) is 1.64. The van der Waals surface area contributed by atoms with Gasteiger partial charge in [0, 0.05) is 24.8 Å². The van der Waals surface area contributed by atoms with Crippen molar-refractivity contribution < 1.29 is 14.3 Å². The lowest BCUT2D eigenvalue weighted by Crippen LogP contribution is -2.36. The van der Waals surface area contributed by atoms with Crippen molar-refractivity contribution in [3.8, 4) is 5.75 Å². The molecule has 7 heteroatoms. The zero-order valence-electron chi connectivity index (χ0n) is 12.7. The highest BCUT2D eigenvalue weighted by molar-refractivity contribution is 5.94. The molecule has 0 aliphatic carbocycles. The topological polar surface area (TPSA) is 92.4 Å². The third-order valence-electron chi connectivity index (χ3n) is 2.97. The number of pyridine rings is 1. The lowest BCUT2D eigenvalue weighted by molar-refractivity contribution is 0.0954. The third kappa shape index (κ3) is 5.31. The summed E-state index contributed by atoms with van der Waals surface area (Å²) >= 11 is 0. The number of carbonyl (C=O) groups excluding carboxylic acids is 2. The molecule has 1 aromatic carbocycles. The van der Waals surface area contributed by atoms with Gasteiger partial charge in [0.05, 0.1) is 19.0 Å². The van der Waals surface area contributed by atoms with Gasteiger partial charge in [-0.3, -0.25) is 9.78 Å². The van der Waals surface area contributed by atoms with Gasteiger partial charge in [0.1, 0.15) is 5.75 Å². The monoisotopic (exact) mass is 314 g/mol. The average molecular weight is 314 g/mol. The lowest BCUT2D eigenvalue weighted by Gasteiger charge is -2.08. The van der Waals surface area contributed by atoms with Crippen LogP contribution < -0.4 is 20.7 Å². The first-order valence-corrected chi connectivity index (χ1v) is 7.06. The number of nitrogens with one attached hydrogen (secondary N) is 3. The molecule has 0 saturated heterocycles. The third-order valence-corrected chi connectivity index (χ3v) is 2.97. The molecule has 0 aliphatic heterocycles. The maximum atomic E-state index is 11.9. The fourth-order valence-electron chi connectivity index (χ4n) is 1.81. The quantitative estimate of drug-likeness (QED) is 0.707. The number of amides is 3. The Balaban J connectivity index is 1.68. The van der Waals surface area contributed by atoms with Crippen molar-refractivity contribution in [1.82, 2.24) is 15.6 Å². The lowest BCUT2D eigenvalue weighted by atomic mass is 10.2. The Morgan fingerprint density at radius 2 is 1.83 bits per heavy atom. The molecule has 2 rings (SSSR count). The van der Waals surface area contributed by atoms with Crippen molar-refractivity contribution in [2.24, 2.45) is 0 Å². The number of ether oxygens (including phenoxy) is 1. The highest BCUT2D eigenvalue weighted by Crippen LogP contribution is 2.10. The number of methoxy groups -OCH3 is 1. The molecular formula is C16H18N4O3. The molecule has 1 aromatic heterocycles. The second kappa shape index (κ2) is 8.38. The molecule has 0 spiro atoms. The zero-order chi connectivity index (χ0) is 16.5. The molecule has 0 fully saturated rings. The number of rotatable bonds is 6. The van der Waals surface area contributed by atoms with E-state index in [1.165, 1.54) is 0 Å². The highest BCUT2D eigenvalue weighted by atomic mass is 16.5. The minimum absolute atomic E-state index is 0.206. The van der Waals surface area contributed by atoms with Gasteiger partial charge in [-0.1, -0.05) is 0 Å². The maximum Gasteiger partial charge on any atom is 0.319 e. The maximum absolute atomic E-state index is 11.9. The molecule has 0 radical (unpaired) electrons. The molecule has 0 atom stereocenters. The van der Waals surface area contributed by atoms with E-state index in [2.05, 4.69) is 20.9 Å². The summed E-state index contributed by atoms with van der Waals surface area (Å²) in [5.41, 5.74) is 1.14. The Labute approximate surface area is 134 Å². The smallest absolute Gasteiger partial charge is 0.319 e. The molecule has 0 saturated carbocycles. The summed E-state index contributed by atoms with van der Waals surface area (Å²) in [6.45, 7) is 0.638. The zero-order valence-corrected chi connectivity index (χ0v) is 12.7. The molecule has 0 aliphatic rings. The van der Waals surface area contributed by atoms with Crippen molar-refractivity contribution in [1.29, 1.82) is 0 Å². The Morgan fingerprint density at radius 3 is 2.48 bits per heavy atom. The van der Waals surface area contributed by atoms with Crippen molar-refractivity contribution in [3.05, 3.63) is 54.4 Å². The predicted molar refractivity (Wildman–Crippen MR) is 86.6 cm³/mol. The minimum Gasteiger partial charge on any atom is -0.497 e. The van der Waals surface area contributed by atoms with Crippen LogP contribution in [0.1, 0.15) is 10.4 Å². The number of carbonyl (C=O) groups is 2. The average Bonchev–Trinajstić information content (AvgIpc) is 2.59. The fraction of sp³-hybridized carbons (Fsp3) is 0.188. The molecule has 0 bridgehead atoms. The van der Waals surface area contributed by atoms with Gasteiger partial charge in [-0.25, -0.2) is 4.79 Å². The van der Waals surface area contributed by atoms with Gasteiger partial charge >= 0.3 is 6.03 Å². The van der Waals surface area contributed by atoms with Crippen LogP contribution in [0.3, 0.4) is 0 Å². The van der Waals surface area contributed by atoms with Crippen LogP contribution in [0.25, 0.3) is 0 Å². The summed E-state index contributed by atoms with van der Waals surface area (Å²) < 4.78 is 5.03. The molecule has 23 heavy (non-hydrogen) atoms. The van der Waals surface area contributed by atoms with Crippen LogP contribution in [-0.2, 0) is 0 Å². The first-order valence-electron chi connectivity index (χ1n) is 7.06. The number of hydrogen-bond acceptors (Lipinski definition) is 4. The molecule has 3 N–H and O–H groups in total. The first kappa shape index (κ1) is 16.3. The first-order chi connectivity index (χ1) is 11.2. The number of urea groups is 1. The second-order valence-corrected chi connectivity index (χ2v) is 4.61. The van der Waals surface area contributed by atoms with E-state index < -0.39 is 0 Å². The molecule has 7 nitrogen and oxygen atoms in total. The molecule has 3 amide bonds. The summed E-state index contributed by atoms with van der Waals surface area (Å²) in [5.74, 6) is 0.484. The van der Waals surface area contributed by atoms with E-state index in [-0.39, 0.29) is 11.9 Å². The Morgan fingerprint density at radius 1 is 1.09 bits per heavy atom. The van der Waals surface area contributed by atoms with Crippen LogP contribution in [0, 0.1) is 0 Å². The summed E-state index contributed by atoms with van der Waals surface area (Å²) in [7, 11) is 1.57. The van der Waals surface area contributed by atoms with Crippen molar-refractivity contribution in [2.75, 3.05) is 25.5 Å². The van der Waals surface area contributed by atoms with E-state index in [1.54, 1.807) is 55.9 Å². The van der Waals surface area contributed by atoms with Gasteiger partial charge in [0.15, 0.2) is 0 Å². The molecule has 2 aromatic rings. The van der Waals surface area contributed by atoms with Crippen LogP contribution >= 0.6 is 0 Å². The SMILES string of the molecule is COc1ccc(C(=O)NCCNC(=O)Nc2cccnc2)cc1. The Kier molecular flexibility index (Phi) is 5.93. The number of anilines is 1. The molecule has 1 heterocycles. The van der Waals surface area contributed by atoms with E-state index in [1.807, 2.05) is 0 Å². The van der Waals surface area contributed by atoms with Gasteiger partial charge in [-0.2, -0.15) is 0 Å². The van der Waals surface area contributed by atoms with Crippen LogP contribution in [0.5, 0.6) is 5.75 Å². The fourth-order valence-corrected chi connectivity index (χ4v) is 1.81. The van der Waals surface area contributed by atoms with Crippen LogP contribution in [0.4, 0.5) is 10.5 Å². The van der Waals surface area contributed by atoms with Crippen molar-refractivity contribution in [3.63, 3.8) is 0 Å². The standard InChI is InChI=1S/C16H18N4O3/c1-23-14-6-4-12(5-7-14)15(21)18-9-10-19-16(22)20-13-3-2-8-17-11-13/h2-8,11H,9-10H2,1H3,(H,18,21)(H2,19,20,22). The van der Waals surface area contributed by atoms with Gasteiger partial charge in [-0.05, 0) is 36.4 Å². The Hall–Kier alpha value is -3.09. The van der Waals surface area contributed by atoms with Crippen LogP contribution in [0.15, 0.2) is 48.8 Å². The van der Waals surface area contributed by atoms with Crippen LogP contribution in [0.2, 0.25) is 0 Å². The summed E-state index contributed by atoms with van der Waals surface area (Å²) in [6.07, 6.45) is 3.17. The van der Waals surface area contributed by atoms with Gasteiger partial charge in [0.25, 0.3) is 5.91 Å². The van der Waals surface area contributed by atoms with E-state index >= 15 is 0 Å². The second-order valence-electron chi connectivity index (χ2n) is 4.61. The van der Waals surface area contributed by atoms with Gasteiger partial charge in [-0.15, -0.1) is 0 Å². The van der Waals surface area contributed by atoms with Gasteiger partial charge in [0.2, 0.25) is 0 Å². The highest BCUT2D eigenvalue weighted by Gasteiger charge is 2.05. The number of benzene rings is 1. The van der Waals surface area contributed by atoms with Crippen LogP contribution in [-0.4, -0.2) is 37.1 Å². The molecule has 0 unspecified atom stereocenters. The summed E-state index contributed by atoms with van der Waals surface area (Å²) in [5, 5.41) is 8.00. The van der Waals surface area contributed by atoms with Crippen molar-refractivity contribution >= 4 is 17.6 Å². The largest absolute Gasteiger partial charge is 0.497 e.